The number of nitrogens with two attached hydrogens (primary N) is 1. The number of amides is 3. The second kappa shape index (κ2) is 12.9. The zero-order valence-corrected chi connectivity index (χ0v) is 17.2. The highest BCUT2D eigenvalue weighted by atomic mass is 16.5. The highest BCUT2D eigenvalue weighted by Crippen LogP contribution is 2.17. The summed E-state index contributed by atoms with van der Waals surface area (Å²) in [6.07, 6.45) is 1.35. The molecule has 0 fully saturated rings. The first-order chi connectivity index (χ1) is 15.0. The number of urea groups is 1. The molecule has 0 heterocycles. The molecule has 9 heteroatoms. The topological polar surface area (TPSA) is 143 Å². The molecule has 31 heavy (non-hydrogen) atoms. The molecule has 2 aromatic rings. The van der Waals surface area contributed by atoms with Gasteiger partial charge in [0, 0.05) is 12.2 Å². The number of benzene rings is 2. The molecule has 166 valence electrons. The number of carbonyl (C=O) groups excluding carboxylic acids is 2. The van der Waals surface area contributed by atoms with Gasteiger partial charge in [-0.15, -0.1) is 0 Å². The Morgan fingerprint density at radius 2 is 1.71 bits per heavy atom. The van der Waals surface area contributed by atoms with E-state index in [1.54, 1.807) is 24.3 Å². The van der Waals surface area contributed by atoms with E-state index in [-0.39, 0.29) is 18.9 Å². The molecule has 0 aliphatic carbocycles. The molecule has 0 saturated heterocycles. The number of ether oxygens (including phenoxy) is 1. The molecule has 0 aliphatic rings. The average molecular weight is 428 g/mol. The number of carboxylic acids is 1. The van der Waals surface area contributed by atoms with Crippen molar-refractivity contribution in [2.45, 2.75) is 31.9 Å². The highest BCUT2D eigenvalue weighted by molar-refractivity contribution is 5.92. The van der Waals surface area contributed by atoms with E-state index in [1.165, 1.54) is 0 Å². The van der Waals surface area contributed by atoms with Crippen LogP contribution >= 0.6 is 0 Å². The van der Waals surface area contributed by atoms with Crippen LogP contribution in [0.3, 0.4) is 0 Å². The van der Waals surface area contributed by atoms with Crippen LogP contribution in [0.4, 0.5) is 10.5 Å². The lowest BCUT2D eigenvalue weighted by molar-refractivity contribution is -0.139. The van der Waals surface area contributed by atoms with Crippen LogP contribution in [-0.2, 0) is 16.2 Å². The van der Waals surface area contributed by atoms with Gasteiger partial charge in [0.15, 0.2) is 0 Å². The van der Waals surface area contributed by atoms with Crippen molar-refractivity contribution in [3.8, 4) is 5.75 Å². The van der Waals surface area contributed by atoms with E-state index in [4.69, 9.17) is 10.5 Å². The van der Waals surface area contributed by atoms with Crippen LogP contribution in [0.25, 0.3) is 0 Å². The quantitative estimate of drug-likeness (QED) is 0.328. The average Bonchev–Trinajstić information content (AvgIpc) is 2.78. The van der Waals surface area contributed by atoms with Crippen molar-refractivity contribution in [1.29, 1.82) is 0 Å². The van der Waals surface area contributed by atoms with Crippen molar-refractivity contribution in [1.82, 2.24) is 10.6 Å². The fourth-order valence-corrected chi connectivity index (χ4v) is 2.73. The fourth-order valence-electron chi connectivity index (χ4n) is 2.73. The predicted octanol–water partition coefficient (Wildman–Crippen LogP) is 2.09. The molecule has 0 unspecified atom stereocenters. The van der Waals surface area contributed by atoms with Crippen molar-refractivity contribution in [2.75, 3.05) is 18.4 Å². The van der Waals surface area contributed by atoms with Gasteiger partial charge in [-0.2, -0.15) is 0 Å². The third-order valence-electron chi connectivity index (χ3n) is 4.39. The fraction of sp³-hybridized carbons (Fsp3) is 0.318. The molecule has 2 aromatic carbocycles. The maximum absolute atomic E-state index is 12.2. The standard InChI is InChI=1S/C22H28N4O5/c23-14-20(27)24-13-5-4-8-19(21(28)29)26-22(30)25-17-9-11-18(12-10-17)31-15-16-6-2-1-3-7-16/h1-3,6-7,9-12,19H,4-5,8,13-15,23H2,(H,24,27)(H,28,29)(H2,25,26,30)/t19-/m0/s1. The Labute approximate surface area is 181 Å². The minimum atomic E-state index is -1.12. The third kappa shape index (κ3) is 9.18. The van der Waals surface area contributed by atoms with E-state index < -0.39 is 18.0 Å². The summed E-state index contributed by atoms with van der Waals surface area (Å²) < 4.78 is 5.69. The second-order valence-corrected chi connectivity index (χ2v) is 6.84. The van der Waals surface area contributed by atoms with E-state index in [0.29, 0.717) is 37.4 Å². The van der Waals surface area contributed by atoms with E-state index in [9.17, 15) is 19.5 Å². The molecular weight excluding hydrogens is 400 g/mol. The van der Waals surface area contributed by atoms with E-state index >= 15 is 0 Å². The van der Waals surface area contributed by atoms with Crippen LogP contribution in [0.5, 0.6) is 5.75 Å². The van der Waals surface area contributed by atoms with Crippen molar-refractivity contribution in [3.05, 3.63) is 60.2 Å². The molecule has 0 saturated carbocycles. The molecule has 0 aromatic heterocycles. The SMILES string of the molecule is NCC(=O)NCCCC[C@H](NC(=O)Nc1ccc(OCc2ccccc2)cc1)C(=O)O. The normalized spacial score (nSPS) is 11.3. The first-order valence-electron chi connectivity index (χ1n) is 10.0. The number of carboxylic acid groups (broad SMARTS) is 1. The first kappa shape index (κ1) is 23.7. The predicted molar refractivity (Wildman–Crippen MR) is 117 cm³/mol. The number of rotatable bonds is 12. The number of hydrogen-bond donors (Lipinski definition) is 5. The number of aliphatic carboxylic acids is 1. The van der Waals surface area contributed by atoms with Crippen LogP contribution in [-0.4, -0.2) is 42.1 Å². The molecule has 9 nitrogen and oxygen atoms in total. The summed E-state index contributed by atoms with van der Waals surface area (Å²) >= 11 is 0. The van der Waals surface area contributed by atoms with Gasteiger partial charge in [-0.25, -0.2) is 9.59 Å². The van der Waals surface area contributed by atoms with Crippen LogP contribution < -0.4 is 26.4 Å². The summed E-state index contributed by atoms with van der Waals surface area (Å²) in [5, 5.41) is 17.0. The highest BCUT2D eigenvalue weighted by Gasteiger charge is 2.19. The van der Waals surface area contributed by atoms with E-state index in [2.05, 4.69) is 16.0 Å². The summed E-state index contributed by atoms with van der Waals surface area (Å²) in [7, 11) is 0. The molecule has 1 atom stereocenters. The van der Waals surface area contributed by atoms with Gasteiger partial charge >= 0.3 is 12.0 Å². The monoisotopic (exact) mass is 428 g/mol. The van der Waals surface area contributed by atoms with E-state index in [0.717, 1.165) is 5.56 Å². The molecule has 0 radical (unpaired) electrons. The largest absolute Gasteiger partial charge is 0.489 e. The van der Waals surface area contributed by atoms with E-state index in [1.807, 2.05) is 30.3 Å². The van der Waals surface area contributed by atoms with Gasteiger partial charge in [0.1, 0.15) is 18.4 Å². The van der Waals surface area contributed by atoms with Gasteiger partial charge in [0.25, 0.3) is 0 Å². The molecule has 0 bridgehead atoms. The molecule has 2 rings (SSSR count). The number of nitrogens with one attached hydrogen (secondary N) is 3. The third-order valence-corrected chi connectivity index (χ3v) is 4.39. The second-order valence-electron chi connectivity index (χ2n) is 6.84. The summed E-state index contributed by atoms with van der Waals surface area (Å²) in [5.41, 5.74) is 6.75. The van der Waals surface area contributed by atoms with Crippen molar-refractivity contribution in [3.63, 3.8) is 0 Å². The molecule has 3 amide bonds. The lowest BCUT2D eigenvalue weighted by Crippen LogP contribution is -2.43. The Balaban J connectivity index is 1.74. The molecule has 6 N–H and O–H groups in total. The zero-order valence-electron chi connectivity index (χ0n) is 17.2. The number of unbranched alkanes of at least 4 members (excludes halogenated alkanes) is 1. The van der Waals surface area contributed by atoms with Crippen LogP contribution in [0.2, 0.25) is 0 Å². The zero-order chi connectivity index (χ0) is 22.5. The summed E-state index contributed by atoms with van der Waals surface area (Å²) in [6, 6.07) is 14.9. The Bertz CT molecular complexity index is 843. The minimum Gasteiger partial charge on any atom is -0.489 e. The van der Waals surface area contributed by atoms with Gasteiger partial charge in [0.2, 0.25) is 5.91 Å². The maximum Gasteiger partial charge on any atom is 0.326 e. The number of hydrogen-bond acceptors (Lipinski definition) is 5. The smallest absolute Gasteiger partial charge is 0.326 e. The van der Waals surface area contributed by atoms with Gasteiger partial charge in [-0.1, -0.05) is 30.3 Å². The van der Waals surface area contributed by atoms with Gasteiger partial charge in [0.05, 0.1) is 6.54 Å². The number of anilines is 1. The van der Waals surface area contributed by atoms with Gasteiger partial charge in [-0.3, -0.25) is 4.79 Å². The molecule has 0 spiro atoms. The Morgan fingerprint density at radius 1 is 1.00 bits per heavy atom. The minimum absolute atomic E-state index is 0.0837. The summed E-state index contributed by atoms with van der Waals surface area (Å²) in [6.45, 7) is 0.761. The molecular formula is C22H28N4O5. The number of carbonyl (C=O) groups is 3. The first-order valence-corrected chi connectivity index (χ1v) is 10.0. The Hall–Kier alpha value is -3.59. The van der Waals surface area contributed by atoms with Crippen LogP contribution in [0, 0.1) is 0 Å². The van der Waals surface area contributed by atoms with Crippen molar-refractivity contribution in [2.24, 2.45) is 5.73 Å². The lowest BCUT2D eigenvalue weighted by Gasteiger charge is -2.15. The maximum atomic E-state index is 12.2. The van der Waals surface area contributed by atoms with Crippen molar-refractivity contribution >= 4 is 23.6 Å². The summed E-state index contributed by atoms with van der Waals surface area (Å²) in [5.74, 6) is -0.727. The van der Waals surface area contributed by atoms with Crippen LogP contribution in [0.1, 0.15) is 24.8 Å². The van der Waals surface area contributed by atoms with Crippen molar-refractivity contribution < 1.29 is 24.2 Å². The Kier molecular flexibility index (Phi) is 9.83. The Morgan fingerprint density at radius 3 is 2.35 bits per heavy atom. The summed E-state index contributed by atoms with van der Waals surface area (Å²) in [4.78, 5) is 34.6. The van der Waals surface area contributed by atoms with Gasteiger partial charge in [-0.05, 0) is 49.1 Å². The van der Waals surface area contributed by atoms with Gasteiger partial charge < -0.3 is 31.5 Å². The van der Waals surface area contributed by atoms with Crippen LogP contribution in [0.15, 0.2) is 54.6 Å². The molecule has 0 aliphatic heterocycles. The lowest BCUT2D eigenvalue weighted by atomic mass is 10.1.